The normalized spacial score (nSPS) is 18.0. The summed E-state index contributed by atoms with van der Waals surface area (Å²) in [5.41, 5.74) is 6.70. The molecule has 0 spiro atoms. The van der Waals surface area contributed by atoms with Crippen LogP contribution in [0.15, 0.2) is 47.5 Å². The Morgan fingerprint density at radius 1 is 1.19 bits per heavy atom. The van der Waals surface area contributed by atoms with E-state index >= 15 is 0 Å². The van der Waals surface area contributed by atoms with Gasteiger partial charge in [0.25, 0.3) is 0 Å². The number of anilines is 1. The molecule has 0 aliphatic carbocycles. The highest BCUT2D eigenvalue weighted by molar-refractivity contribution is 6.31. The minimum absolute atomic E-state index is 0.213. The van der Waals surface area contributed by atoms with E-state index in [0.29, 0.717) is 16.3 Å². The molecule has 3 nitrogen and oxygen atoms in total. The Hall–Kier alpha value is -2.14. The summed E-state index contributed by atoms with van der Waals surface area (Å²) in [7, 11) is 0. The first-order valence-corrected chi connectivity index (χ1v) is 6.74. The van der Waals surface area contributed by atoms with Crippen LogP contribution < -0.4 is 10.6 Å². The predicted molar refractivity (Wildman–Crippen MR) is 79.5 cm³/mol. The monoisotopic (exact) mass is 307 g/mol. The van der Waals surface area contributed by atoms with E-state index in [0.717, 1.165) is 0 Å². The first-order chi connectivity index (χ1) is 10.1. The first kappa shape index (κ1) is 13.8. The van der Waals surface area contributed by atoms with Crippen molar-refractivity contribution in [3.05, 3.63) is 64.7 Å². The van der Waals surface area contributed by atoms with Crippen molar-refractivity contribution in [1.29, 1.82) is 0 Å². The van der Waals surface area contributed by atoms with Crippen molar-refractivity contribution in [1.82, 2.24) is 0 Å². The average Bonchev–Trinajstić information content (AvgIpc) is 2.80. The molecule has 3 rings (SSSR count). The highest BCUT2D eigenvalue weighted by Gasteiger charge is 2.32. The van der Waals surface area contributed by atoms with Crippen molar-refractivity contribution in [3.63, 3.8) is 0 Å². The van der Waals surface area contributed by atoms with Gasteiger partial charge in [0.05, 0.1) is 12.6 Å². The molecule has 1 unspecified atom stereocenters. The summed E-state index contributed by atoms with van der Waals surface area (Å²) in [6.07, 6.45) is 0. The van der Waals surface area contributed by atoms with E-state index in [1.807, 2.05) is 0 Å². The number of aliphatic imine (C=N–C) groups is 1. The third kappa shape index (κ3) is 2.45. The Morgan fingerprint density at radius 3 is 2.67 bits per heavy atom. The van der Waals surface area contributed by atoms with Crippen molar-refractivity contribution in [2.45, 2.75) is 6.04 Å². The maximum absolute atomic E-state index is 14.1. The standard InChI is InChI=1S/C15H12ClF2N3/c16-11-5-2-6-12(18)14(11)13-8-20-15(19)21(13)10-4-1-3-9(17)7-10/h1-7,13H,8H2,(H2,19,20). The van der Waals surface area contributed by atoms with E-state index in [-0.39, 0.29) is 12.5 Å². The largest absolute Gasteiger partial charge is 0.369 e. The Bertz CT molecular complexity index is 698. The molecule has 6 heteroatoms. The third-order valence-corrected chi connectivity index (χ3v) is 3.73. The van der Waals surface area contributed by atoms with Crippen LogP contribution in [0.2, 0.25) is 5.02 Å². The summed E-state index contributed by atoms with van der Waals surface area (Å²) in [5, 5.41) is 0.298. The van der Waals surface area contributed by atoms with Gasteiger partial charge in [-0.15, -0.1) is 0 Å². The minimum Gasteiger partial charge on any atom is -0.369 e. The Balaban J connectivity index is 2.07. The van der Waals surface area contributed by atoms with Crippen molar-refractivity contribution in [2.24, 2.45) is 10.7 Å². The third-order valence-electron chi connectivity index (χ3n) is 3.40. The van der Waals surface area contributed by atoms with E-state index in [4.69, 9.17) is 17.3 Å². The van der Waals surface area contributed by atoms with Gasteiger partial charge in [-0.2, -0.15) is 0 Å². The van der Waals surface area contributed by atoms with Gasteiger partial charge in [0.1, 0.15) is 11.6 Å². The Kier molecular flexibility index (Phi) is 3.51. The lowest BCUT2D eigenvalue weighted by molar-refractivity contribution is 0.589. The van der Waals surface area contributed by atoms with Gasteiger partial charge in [-0.25, -0.2) is 8.78 Å². The van der Waals surface area contributed by atoms with Crippen LogP contribution in [-0.2, 0) is 0 Å². The smallest absolute Gasteiger partial charge is 0.196 e. The second kappa shape index (κ2) is 5.33. The molecular weight excluding hydrogens is 296 g/mol. The molecule has 21 heavy (non-hydrogen) atoms. The average molecular weight is 308 g/mol. The van der Waals surface area contributed by atoms with Gasteiger partial charge in [0.2, 0.25) is 0 Å². The van der Waals surface area contributed by atoms with Gasteiger partial charge in [-0.1, -0.05) is 23.7 Å². The van der Waals surface area contributed by atoms with E-state index in [1.54, 1.807) is 23.1 Å². The van der Waals surface area contributed by atoms with Crippen molar-refractivity contribution < 1.29 is 8.78 Å². The van der Waals surface area contributed by atoms with Crippen LogP contribution in [0, 0.1) is 11.6 Å². The fourth-order valence-corrected chi connectivity index (χ4v) is 2.77. The summed E-state index contributed by atoms with van der Waals surface area (Å²) in [4.78, 5) is 5.73. The molecule has 0 amide bonds. The fourth-order valence-electron chi connectivity index (χ4n) is 2.49. The second-order valence-corrected chi connectivity index (χ2v) is 5.11. The second-order valence-electron chi connectivity index (χ2n) is 4.70. The number of benzene rings is 2. The van der Waals surface area contributed by atoms with Gasteiger partial charge in [-0.3, -0.25) is 4.99 Å². The lowest BCUT2D eigenvalue weighted by Gasteiger charge is -2.27. The van der Waals surface area contributed by atoms with Crippen molar-refractivity contribution >= 4 is 23.2 Å². The zero-order valence-electron chi connectivity index (χ0n) is 10.9. The summed E-state index contributed by atoms with van der Waals surface area (Å²) >= 11 is 6.11. The molecule has 0 radical (unpaired) electrons. The van der Waals surface area contributed by atoms with Crippen molar-refractivity contribution in [3.8, 4) is 0 Å². The number of hydrogen-bond donors (Lipinski definition) is 1. The zero-order chi connectivity index (χ0) is 15.0. The van der Waals surface area contributed by atoms with Crippen LogP contribution in [0.25, 0.3) is 0 Å². The van der Waals surface area contributed by atoms with Crippen LogP contribution in [0.3, 0.4) is 0 Å². The van der Waals surface area contributed by atoms with Crippen molar-refractivity contribution in [2.75, 3.05) is 11.4 Å². The molecule has 0 saturated carbocycles. The van der Waals surface area contributed by atoms with E-state index < -0.39 is 17.7 Å². The molecule has 2 N–H and O–H groups in total. The SMILES string of the molecule is NC1=NCC(c2c(F)cccc2Cl)N1c1cccc(F)c1. The number of nitrogens with zero attached hydrogens (tertiary/aromatic N) is 2. The summed E-state index contributed by atoms with van der Waals surface area (Å²) in [6, 6.07) is 9.91. The van der Waals surface area contributed by atoms with Gasteiger partial charge in [-0.05, 0) is 30.3 Å². The molecule has 2 aromatic rings. The highest BCUT2D eigenvalue weighted by Crippen LogP contribution is 2.36. The van der Waals surface area contributed by atoms with Gasteiger partial charge in [0, 0.05) is 16.3 Å². The van der Waals surface area contributed by atoms with Crippen LogP contribution in [-0.4, -0.2) is 12.5 Å². The number of rotatable bonds is 2. The first-order valence-electron chi connectivity index (χ1n) is 6.36. The number of guanidine groups is 1. The highest BCUT2D eigenvalue weighted by atomic mass is 35.5. The molecule has 1 aliphatic rings. The summed E-state index contributed by atoms with van der Waals surface area (Å²) in [5.74, 6) is -0.616. The van der Waals surface area contributed by atoms with E-state index in [2.05, 4.69) is 4.99 Å². The minimum atomic E-state index is -0.486. The molecule has 1 aliphatic heterocycles. The van der Waals surface area contributed by atoms with E-state index in [9.17, 15) is 8.78 Å². The molecule has 0 bridgehead atoms. The molecule has 1 heterocycles. The molecule has 108 valence electrons. The number of nitrogens with two attached hydrogens (primary N) is 1. The van der Waals surface area contributed by atoms with Crippen LogP contribution >= 0.6 is 11.6 Å². The number of halogens is 3. The fraction of sp³-hybridized carbons (Fsp3) is 0.133. The van der Waals surface area contributed by atoms with Crippen LogP contribution in [0.5, 0.6) is 0 Å². The Morgan fingerprint density at radius 2 is 1.95 bits per heavy atom. The topological polar surface area (TPSA) is 41.6 Å². The quantitative estimate of drug-likeness (QED) is 0.922. The van der Waals surface area contributed by atoms with E-state index in [1.165, 1.54) is 24.3 Å². The predicted octanol–water partition coefficient (Wildman–Crippen LogP) is 3.49. The summed E-state index contributed by atoms with van der Waals surface area (Å²) in [6.45, 7) is 0.267. The summed E-state index contributed by atoms with van der Waals surface area (Å²) < 4.78 is 27.5. The molecule has 1 atom stereocenters. The molecule has 0 aromatic heterocycles. The van der Waals surface area contributed by atoms with Gasteiger partial charge >= 0.3 is 0 Å². The zero-order valence-corrected chi connectivity index (χ0v) is 11.7. The van der Waals surface area contributed by atoms with Crippen LogP contribution in [0.1, 0.15) is 11.6 Å². The van der Waals surface area contributed by atoms with Crippen LogP contribution in [0.4, 0.5) is 14.5 Å². The lowest BCUT2D eigenvalue weighted by Crippen LogP contribution is -2.36. The Labute approximate surface area is 125 Å². The molecule has 0 saturated heterocycles. The maximum Gasteiger partial charge on any atom is 0.196 e. The number of hydrogen-bond acceptors (Lipinski definition) is 3. The van der Waals surface area contributed by atoms with Gasteiger partial charge in [0.15, 0.2) is 5.96 Å². The maximum atomic E-state index is 14.1. The van der Waals surface area contributed by atoms with Gasteiger partial charge < -0.3 is 10.6 Å². The molecular formula is C15H12ClF2N3. The molecule has 2 aromatic carbocycles. The molecule has 0 fully saturated rings. The lowest BCUT2D eigenvalue weighted by atomic mass is 10.0.